The highest BCUT2D eigenvalue weighted by molar-refractivity contribution is 6.09. The van der Waals surface area contributed by atoms with Gasteiger partial charge in [-0.05, 0) is 17.7 Å². The average molecular weight is 313 g/mol. The van der Waals surface area contributed by atoms with Crippen molar-refractivity contribution in [2.24, 2.45) is 5.73 Å². The van der Waals surface area contributed by atoms with Crippen LogP contribution in [0.25, 0.3) is 11.0 Å². The van der Waals surface area contributed by atoms with Crippen molar-refractivity contribution in [1.29, 1.82) is 0 Å². The number of benzene rings is 1. The van der Waals surface area contributed by atoms with Crippen molar-refractivity contribution in [3.8, 4) is 0 Å². The van der Waals surface area contributed by atoms with Crippen LogP contribution < -0.4 is 11.1 Å². The minimum Gasteiger partial charge on any atom is -0.365 e. The summed E-state index contributed by atoms with van der Waals surface area (Å²) >= 11 is 0. The maximum atomic E-state index is 12.8. The number of aromatic nitrogens is 3. The lowest BCUT2D eigenvalue weighted by molar-refractivity contribution is 0.0946. The number of hydrogen-bond donors (Lipinski definition) is 3. The van der Waals surface area contributed by atoms with E-state index < -0.39 is 11.8 Å². The maximum absolute atomic E-state index is 12.8. The Morgan fingerprint density at radius 2 is 1.96 bits per heavy atom. The zero-order chi connectivity index (χ0) is 16.4. The number of H-pyrrole nitrogens is 1. The lowest BCUT2D eigenvalue weighted by Gasteiger charge is -2.05. The van der Waals surface area contributed by atoms with Crippen molar-refractivity contribution in [1.82, 2.24) is 20.3 Å². The Balaban J connectivity index is 1.83. The second-order valence-electron chi connectivity index (χ2n) is 4.82. The Kier molecular flexibility index (Phi) is 3.71. The molecule has 2 heterocycles. The Morgan fingerprint density at radius 3 is 2.65 bits per heavy atom. The molecule has 3 aromatic rings. The molecule has 116 valence electrons. The van der Waals surface area contributed by atoms with Gasteiger partial charge >= 0.3 is 0 Å². The Hall–Kier alpha value is -3.29. The normalized spacial score (nSPS) is 10.7. The van der Waals surface area contributed by atoms with Gasteiger partial charge in [-0.2, -0.15) is 0 Å². The molecule has 0 atom stereocenters. The van der Waals surface area contributed by atoms with Crippen molar-refractivity contribution < 1.29 is 14.0 Å². The van der Waals surface area contributed by atoms with Gasteiger partial charge in [0.25, 0.3) is 11.8 Å². The predicted molar refractivity (Wildman–Crippen MR) is 80.0 cm³/mol. The number of carbonyl (C=O) groups excluding carboxylic acids is 2. The second-order valence-corrected chi connectivity index (χ2v) is 4.82. The quantitative estimate of drug-likeness (QED) is 0.669. The van der Waals surface area contributed by atoms with Crippen LogP contribution in [0.3, 0.4) is 0 Å². The summed E-state index contributed by atoms with van der Waals surface area (Å²) in [6.45, 7) is 0.216. The van der Waals surface area contributed by atoms with Gasteiger partial charge in [0.15, 0.2) is 5.69 Å². The van der Waals surface area contributed by atoms with Gasteiger partial charge in [-0.1, -0.05) is 12.1 Å². The lowest BCUT2D eigenvalue weighted by Crippen LogP contribution is -2.24. The number of nitrogens with two attached hydrogens (primary N) is 1. The van der Waals surface area contributed by atoms with Crippen molar-refractivity contribution in [3.63, 3.8) is 0 Å². The van der Waals surface area contributed by atoms with Gasteiger partial charge in [0.2, 0.25) is 0 Å². The van der Waals surface area contributed by atoms with Crippen LogP contribution in [0.5, 0.6) is 0 Å². The standard InChI is InChI=1S/C15H12FN5O2/c16-9-3-1-8(2-4-9)5-19-15(23)13-12-11(20-7-21-13)10(6-18-12)14(17)22/h1-4,6-7,18H,5H2,(H2,17,22)(H,19,23). The van der Waals surface area contributed by atoms with Crippen molar-refractivity contribution >= 4 is 22.8 Å². The highest BCUT2D eigenvalue weighted by atomic mass is 19.1. The van der Waals surface area contributed by atoms with Gasteiger partial charge in [-0.25, -0.2) is 14.4 Å². The molecule has 23 heavy (non-hydrogen) atoms. The fourth-order valence-electron chi connectivity index (χ4n) is 2.17. The highest BCUT2D eigenvalue weighted by Gasteiger charge is 2.17. The summed E-state index contributed by atoms with van der Waals surface area (Å²) in [4.78, 5) is 34.3. The molecule has 3 rings (SSSR count). The van der Waals surface area contributed by atoms with Gasteiger partial charge in [-0.15, -0.1) is 0 Å². The number of nitrogens with zero attached hydrogens (tertiary/aromatic N) is 2. The number of aromatic amines is 1. The maximum Gasteiger partial charge on any atom is 0.272 e. The van der Waals surface area contributed by atoms with Gasteiger partial charge < -0.3 is 16.0 Å². The van der Waals surface area contributed by atoms with E-state index in [4.69, 9.17) is 5.73 Å². The van der Waals surface area contributed by atoms with E-state index in [9.17, 15) is 14.0 Å². The second kappa shape index (κ2) is 5.84. The molecule has 7 nitrogen and oxygen atoms in total. The van der Waals surface area contributed by atoms with Crippen LogP contribution in [-0.2, 0) is 6.54 Å². The molecular weight excluding hydrogens is 301 g/mol. The van der Waals surface area contributed by atoms with Crippen LogP contribution in [0, 0.1) is 5.82 Å². The monoisotopic (exact) mass is 313 g/mol. The number of amides is 2. The van der Waals surface area contributed by atoms with Crippen molar-refractivity contribution in [2.75, 3.05) is 0 Å². The summed E-state index contributed by atoms with van der Waals surface area (Å²) in [6.07, 6.45) is 2.58. The lowest BCUT2D eigenvalue weighted by atomic mass is 10.2. The van der Waals surface area contributed by atoms with Gasteiger partial charge in [-0.3, -0.25) is 9.59 Å². The third-order valence-electron chi connectivity index (χ3n) is 3.31. The molecule has 1 aromatic carbocycles. The molecule has 4 N–H and O–H groups in total. The Bertz CT molecular complexity index is 889. The van der Waals surface area contributed by atoms with E-state index in [1.165, 1.54) is 24.7 Å². The predicted octanol–water partition coefficient (Wildman–Crippen LogP) is 1.13. The van der Waals surface area contributed by atoms with Crippen LogP contribution >= 0.6 is 0 Å². The largest absolute Gasteiger partial charge is 0.365 e. The minimum absolute atomic E-state index is 0.101. The number of hydrogen-bond acceptors (Lipinski definition) is 4. The van der Waals surface area contributed by atoms with Gasteiger partial charge in [0.1, 0.15) is 17.7 Å². The first-order valence-electron chi connectivity index (χ1n) is 6.71. The van der Waals surface area contributed by atoms with Gasteiger partial charge in [0.05, 0.1) is 11.1 Å². The summed E-state index contributed by atoms with van der Waals surface area (Å²) in [5.41, 5.74) is 6.91. The zero-order valence-electron chi connectivity index (χ0n) is 11.8. The van der Waals surface area contributed by atoms with E-state index in [0.29, 0.717) is 11.0 Å². The molecule has 8 heteroatoms. The first-order valence-corrected chi connectivity index (χ1v) is 6.71. The van der Waals surface area contributed by atoms with E-state index in [1.54, 1.807) is 12.1 Å². The number of nitrogens with one attached hydrogen (secondary N) is 2. The molecule has 0 aliphatic heterocycles. The summed E-state index contributed by atoms with van der Waals surface area (Å²) < 4.78 is 12.8. The fourth-order valence-corrected chi connectivity index (χ4v) is 2.17. The third-order valence-corrected chi connectivity index (χ3v) is 3.31. The van der Waals surface area contributed by atoms with Crippen LogP contribution in [0.4, 0.5) is 4.39 Å². The highest BCUT2D eigenvalue weighted by Crippen LogP contribution is 2.17. The SMILES string of the molecule is NC(=O)c1c[nH]c2c(C(=O)NCc3ccc(F)cc3)ncnc12. The van der Waals surface area contributed by atoms with Crippen LogP contribution in [0.2, 0.25) is 0 Å². The summed E-state index contributed by atoms with van der Waals surface area (Å²) in [6, 6.07) is 5.78. The number of fused-ring (bicyclic) bond motifs is 1. The van der Waals surface area contributed by atoms with Crippen LogP contribution in [-0.4, -0.2) is 26.8 Å². The Morgan fingerprint density at radius 1 is 1.22 bits per heavy atom. The molecule has 0 saturated carbocycles. The van der Waals surface area contributed by atoms with Crippen LogP contribution in [0.1, 0.15) is 26.4 Å². The molecule has 0 radical (unpaired) electrons. The Labute approximate surface area is 129 Å². The zero-order valence-corrected chi connectivity index (χ0v) is 11.8. The third kappa shape index (κ3) is 2.86. The number of carbonyl (C=O) groups is 2. The van der Waals surface area contributed by atoms with E-state index in [1.807, 2.05) is 0 Å². The van der Waals surface area contributed by atoms with E-state index >= 15 is 0 Å². The first-order chi connectivity index (χ1) is 11.1. The number of halogens is 1. The molecule has 0 fully saturated rings. The summed E-state index contributed by atoms with van der Waals surface area (Å²) in [7, 11) is 0. The average Bonchev–Trinajstić information content (AvgIpc) is 2.98. The molecule has 0 aliphatic rings. The van der Waals surface area contributed by atoms with Crippen molar-refractivity contribution in [2.45, 2.75) is 6.54 Å². The van der Waals surface area contributed by atoms with E-state index in [2.05, 4.69) is 20.3 Å². The number of primary amides is 1. The molecule has 0 saturated heterocycles. The van der Waals surface area contributed by atoms with E-state index in [0.717, 1.165) is 5.56 Å². The minimum atomic E-state index is -0.646. The van der Waals surface area contributed by atoms with Crippen molar-refractivity contribution in [3.05, 3.63) is 59.4 Å². The summed E-state index contributed by atoms with van der Waals surface area (Å²) in [5, 5.41) is 2.68. The van der Waals surface area contributed by atoms with E-state index in [-0.39, 0.29) is 23.6 Å². The molecule has 0 unspecified atom stereocenters. The molecule has 2 aromatic heterocycles. The first kappa shape index (κ1) is 14.6. The topological polar surface area (TPSA) is 114 Å². The summed E-state index contributed by atoms with van der Waals surface area (Å²) in [5.74, 6) is -1.44. The number of rotatable bonds is 4. The smallest absolute Gasteiger partial charge is 0.272 e. The molecular formula is C15H12FN5O2. The molecule has 0 spiro atoms. The fraction of sp³-hybridized carbons (Fsp3) is 0.0667. The van der Waals surface area contributed by atoms with Gasteiger partial charge in [0, 0.05) is 12.7 Å². The molecule has 0 aliphatic carbocycles. The molecule has 0 bridgehead atoms. The molecule has 2 amide bonds. The van der Waals surface area contributed by atoms with Crippen LogP contribution in [0.15, 0.2) is 36.8 Å².